The van der Waals surface area contributed by atoms with Gasteiger partial charge < -0.3 is 19.5 Å². The predicted molar refractivity (Wildman–Crippen MR) is 84.2 cm³/mol. The Balaban J connectivity index is 1.83. The molecule has 0 spiro atoms. The molecular weight excluding hydrogens is 374 g/mol. The van der Waals surface area contributed by atoms with Crippen molar-refractivity contribution in [3.8, 4) is 0 Å². The molecule has 2 aliphatic heterocycles. The Labute approximate surface area is 151 Å². The highest BCUT2D eigenvalue weighted by Crippen LogP contribution is 2.37. The minimum Gasteiger partial charge on any atom is -0.373 e. The fourth-order valence-electron chi connectivity index (χ4n) is 3.11. The third-order valence-electron chi connectivity index (χ3n) is 4.20. The maximum absolute atomic E-state index is 14.0. The monoisotopic (exact) mass is 391 g/mol. The minimum absolute atomic E-state index is 0.00000334. The standard InChI is InChI=1S/C15H17F4N5O3/c1-14(2)26-11-8(6-25-9(5-21-24-20)12(11)27-14)22-13-7(16)3-4-10(23-13)15(17,18)19/h3-4,8-9,11-12H,5-6H2,1-2H3,(H,22,23)/t8-,9+,11+,12-/m0/s1. The fraction of sp³-hybridized carbons (Fsp3) is 0.667. The molecule has 0 unspecified atom stereocenters. The van der Waals surface area contributed by atoms with Gasteiger partial charge in [0, 0.05) is 4.91 Å². The Morgan fingerprint density at radius 3 is 2.70 bits per heavy atom. The van der Waals surface area contributed by atoms with Crippen molar-refractivity contribution < 1.29 is 31.8 Å². The van der Waals surface area contributed by atoms with Gasteiger partial charge >= 0.3 is 6.18 Å². The maximum Gasteiger partial charge on any atom is 0.433 e. The summed E-state index contributed by atoms with van der Waals surface area (Å²) in [6.45, 7) is 3.30. The summed E-state index contributed by atoms with van der Waals surface area (Å²) >= 11 is 0. The van der Waals surface area contributed by atoms with Crippen molar-refractivity contribution in [1.29, 1.82) is 0 Å². The molecule has 1 aromatic heterocycles. The van der Waals surface area contributed by atoms with Gasteiger partial charge in [-0.1, -0.05) is 5.11 Å². The van der Waals surface area contributed by atoms with Crippen LogP contribution in [0.5, 0.6) is 0 Å². The molecule has 0 aromatic carbocycles. The lowest BCUT2D eigenvalue weighted by atomic mass is 9.98. The zero-order valence-corrected chi connectivity index (χ0v) is 14.4. The zero-order chi connectivity index (χ0) is 19.8. The van der Waals surface area contributed by atoms with Gasteiger partial charge in [0.2, 0.25) is 0 Å². The molecule has 2 fully saturated rings. The molecule has 148 valence electrons. The molecule has 0 aliphatic carbocycles. The fourth-order valence-corrected chi connectivity index (χ4v) is 3.11. The highest BCUT2D eigenvalue weighted by Gasteiger charge is 2.52. The number of azide groups is 1. The molecule has 8 nitrogen and oxygen atoms in total. The topological polar surface area (TPSA) is 101 Å². The summed E-state index contributed by atoms with van der Waals surface area (Å²) in [7, 11) is 0. The van der Waals surface area contributed by atoms with Gasteiger partial charge in [0.25, 0.3) is 0 Å². The molecule has 1 N–H and O–H groups in total. The minimum atomic E-state index is -4.70. The number of nitrogens with zero attached hydrogens (tertiary/aromatic N) is 4. The SMILES string of the molecule is CC1(C)O[C@@H]2[C@H](O1)[C@@H](Nc1nc(C(F)(F)F)ccc1F)CO[C@@H]2CN=[N+]=[N-]. The molecule has 0 saturated carbocycles. The van der Waals surface area contributed by atoms with Crippen molar-refractivity contribution in [3.05, 3.63) is 34.1 Å². The van der Waals surface area contributed by atoms with Crippen LogP contribution in [0.4, 0.5) is 23.4 Å². The molecular formula is C15H17F4N5O3. The van der Waals surface area contributed by atoms with Gasteiger partial charge in [0.15, 0.2) is 17.4 Å². The van der Waals surface area contributed by atoms with Crippen LogP contribution in [0, 0.1) is 5.82 Å². The van der Waals surface area contributed by atoms with E-state index in [4.69, 9.17) is 19.7 Å². The van der Waals surface area contributed by atoms with Crippen LogP contribution in [0.25, 0.3) is 10.4 Å². The number of rotatable bonds is 4. The normalized spacial score (nSPS) is 29.7. The van der Waals surface area contributed by atoms with E-state index in [0.29, 0.717) is 12.1 Å². The largest absolute Gasteiger partial charge is 0.433 e. The first-order valence-corrected chi connectivity index (χ1v) is 8.09. The Kier molecular flexibility index (Phi) is 5.17. The van der Waals surface area contributed by atoms with Crippen LogP contribution >= 0.6 is 0 Å². The van der Waals surface area contributed by atoms with Crippen LogP contribution < -0.4 is 5.32 Å². The van der Waals surface area contributed by atoms with Crippen LogP contribution in [-0.2, 0) is 20.4 Å². The second-order valence-electron chi connectivity index (χ2n) is 6.63. The first-order chi connectivity index (χ1) is 12.6. The second kappa shape index (κ2) is 7.12. The van der Waals surface area contributed by atoms with Gasteiger partial charge in [-0.05, 0) is 31.5 Å². The number of alkyl halides is 3. The second-order valence-corrected chi connectivity index (χ2v) is 6.63. The average Bonchev–Trinajstić information content (AvgIpc) is 2.90. The zero-order valence-electron chi connectivity index (χ0n) is 14.4. The Hall–Kier alpha value is -2.14. The molecule has 2 saturated heterocycles. The van der Waals surface area contributed by atoms with Crippen molar-refractivity contribution in [2.75, 3.05) is 18.5 Å². The van der Waals surface area contributed by atoms with Crippen LogP contribution in [-0.4, -0.2) is 48.3 Å². The number of anilines is 1. The summed E-state index contributed by atoms with van der Waals surface area (Å²) in [5, 5.41) is 6.10. The van der Waals surface area contributed by atoms with E-state index in [2.05, 4.69) is 20.3 Å². The number of pyridine rings is 1. The van der Waals surface area contributed by atoms with E-state index in [1.807, 2.05) is 0 Å². The summed E-state index contributed by atoms with van der Waals surface area (Å²) in [5.74, 6) is -2.48. The molecule has 0 radical (unpaired) electrons. The van der Waals surface area contributed by atoms with Crippen LogP contribution in [0.3, 0.4) is 0 Å². The van der Waals surface area contributed by atoms with E-state index in [1.54, 1.807) is 13.8 Å². The number of hydrogen-bond acceptors (Lipinski definition) is 6. The van der Waals surface area contributed by atoms with Crippen molar-refractivity contribution in [2.24, 2.45) is 5.11 Å². The van der Waals surface area contributed by atoms with Gasteiger partial charge in [-0.2, -0.15) is 13.2 Å². The van der Waals surface area contributed by atoms with E-state index < -0.39 is 53.6 Å². The molecule has 0 amide bonds. The summed E-state index contributed by atoms with van der Waals surface area (Å²) in [6.07, 6.45) is -6.61. The Morgan fingerprint density at radius 2 is 2.04 bits per heavy atom. The summed E-state index contributed by atoms with van der Waals surface area (Å²) in [5.41, 5.74) is 7.27. The number of halogens is 4. The molecule has 4 atom stereocenters. The Bertz CT molecular complexity index is 753. The van der Waals surface area contributed by atoms with Crippen LogP contribution in [0.2, 0.25) is 0 Å². The molecule has 0 bridgehead atoms. The number of aromatic nitrogens is 1. The lowest BCUT2D eigenvalue weighted by molar-refractivity contribution is -0.152. The summed E-state index contributed by atoms with van der Waals surface area (Å²) in [6, 6.07) is 0.541. The third kappa shape index (κ3) is 4.24. The van der Waals surface area contributed by atoms with Crippen molar-refractivity contribution in [2.45, 2.75) is 50.2 Å². The van der Waals surface area contributed by atoms with Crippen molar-refractivity contribution in [3.63, 3.8) is 0 Å². The lowest BCUT2D eigenvalue weighted by Crippen LogP contribution is -2.55. The quantitative estimate of drug-likeness (QED) is 0.367. The van der Waals surface area contributed by atoms with Crippen molar-refractivity contribution >= 4 is 5.82 Å². The molecule has 3 heterocycles. The van der Waals surface area contributed by atoms with E-state index in [1.165, 1.54) is 0 Å². The highest BCUT2D eigenvalue weighted by atomic mass is 19.4. The maximum atomic E-state index is 14.0. The smallest absolute Gasteiger partial charge is 0.373 e. The first kappa shape index (κ1) is 19.6. The summed E-state index contributed by atoms with van der Waals surface area (Å²) < 4.78 is 69.7. The highest BCUT2D eigenvalue weighted by molar-refractivity contribution is 5.40. The number of hydrogen-bond donors (Lipinski definition) is 1. The lowest BCUT2D eigenvalue weighted by Gasteiger charge is -2.37. The molecule has 2 aliphatic rings. The Morgan fingerprint density at radius 1 is 1.33 bits per heavy atom. The third-order valence-corrected chi connectivity index (χ3v) is 4.20. The number of nitrogens with one attached hydrogen (secondary N) is 1. The molecule has 12 heteroatoms. The molecule has 1 aromatic rings. The van der Waals surface area contributed by atoms with Crippen LogP contribution in [0.15, 0.2) is 17.2 Å². The summed E-state index contributed by atoms with van der Waals surface area (Å²) in [4.78, 5) is 6.01. The average molecular weight is 391 g/mol. The van der Waals surface area contributed by atoms with Gasteiger partial charge in [-0.3, -0.25) is 0 Å². The van der Waals surface area contributed by atoms with Gasteiger partial charge in [0.05, 0.1) is 25.3 Å². The van der Waals surface area contributed by atoms with Crippen LogP contribution in [0.1, 0.15) is 19.5 Å². The van der Waals surface area contributed by atoms with Gasteiger partial charge in [-0.25, -0.2) is 9.37 Å². The van der Waals surface area contributed by atoms with Gasteiger partial charge in [-0.15, -0.1) is 0 Å². The molecule has 3 rings (SSSR count). The van der Waals surface area contributed by atoms with E-state index in [-0.39, 0.29) is 13.2 Å². The van der Waals surface area contributed by atoms with E-state index in [0.717, 1.165) is 0 Å². The predicted octanol–water partition coefficient (Wildman–Crippen LogP) is 3.25. The first-order valence-electron chi connectivity index (χ1n) is 8.09. The van der Waals surface area contributed by atoms with Gasteiger partial charge in [0.1, 0.15) is 17.9 Å². The van der Waals surface area contributed by atoms with Crippen molar-refractivity contribution in [1.82, 2.24) is 4.98 Å². The number of ether oxygens (including phenoxy) is 3. The molecule has 27 heavy (non-hydrogen) atoms. The number of fused-ring (bicyclic) bond motifs is 1. The van der Waals surface area contributed by atoms with E-state index >= 15 is 0 Å². The van der Waals surface area contributed by atoms with E-state index in [9.17, 15) is 17.6 Å².